The number of carbonyl (C=O) groups excluding carboxylic acids is 7. The minimum absolute atomic E-state index is 0.0296. The van der Waals surface area contributed by atoms with Crippen molar-refractivity contribution in [2.24, 2.45) is 28.6 Å². The summed E-state index contributed by atoms with van der Waals surface area (Å²) in [6.07, 6.45) is -0.518. The Morgan fingerprint density at radius 2 is 1.58 bits per heavy atom. The third kappa shape index (κ3) is 9.88. The summed E-state index contributed by atoms with van der Waals surface area (Å²) in [5.41, 5.74) is -0.421. The topological polar surface area (TPSA) is 183 Å². The van der Waals surface area contributed by atoms with Crippen molar-refractivity contribution in [2.75, 3.05) is 27.2 Å². The molecule has 2 unspecified atom stereocenters. The van der Waals surface area contributed by atoms with Gasteiger partial charge in [0.15, 0.2) is 0 Å². The fourth-order valence-electron chi connectivity index (χ4n) is 6.71. The Morgan fingerprint density at radius 1 is 0.962 bits per heavy atom. The molecule has 0 radical (unpaired) electrons. The van der Waals surface area contributed by atoms with Crippen molar-refractivity contribution in [3.05, 3.63) is 35.9 Å². The van der Waals surface area contributed by atoms with Gasteiger partial charge in [0.25, 0.3) is 5.91 Å². The van der Waals surface area contributed by atoms with E-state index in [-0.39, 0.29) is 41.6 Å². The molecule has 0 spiro atoms. The molecular weight excluding hydrogens is 668 g/mol. The van der Waals surface area contributed by atoms with E-state index < -0.39 is 71.6 Å². The number of ketones is 1. The second kappa shape index (κ2) is 16.9. The molecule has 7 atom stereocenters. The molecule has 0 aromatic heterocycles. The van der Waals surface area contributed by atoms with Crippen LogP contribution in [0.4, 0.5) is 4.79 Å². The van der Waals surface area contributed by atoms with Crippen LogP contribution in [0.15, 0.2) is 30.3 Å². The highest BCUT2D eigenvalue weighted by Crippen LogP contribution is 2.65. The highest BCUT2D eigenvalue weighted by Gasteiger charge is 2.70. The number of nitrogens with zero attached hydrogens (tertiary/aromatic N) is 2. The van der Waals surface area contributed by atoms with Gasteiger partial charge in [-0.25, -0.2) is 4.79 Å². The second-order valence-electron chi connectivity index (χ2n) is 16.2. The van der Waals surface area contributed by atoms with Gasteiger partial charge in [0.2, 0.25) is 29.4 Å². The van der Waals surface area contributed by atoms with Gasteiger partial charge in [-0.1, -0.05) is 92.1 Å². The van der Waals surface area contributed by atoms with Gasteiger partial charge in [-0.3, -0.25) is 28.8 Å². The van der Waals surface area contributed by atoms with Crippen molar-refractivity contribution in [1.29, 1.82) is 0 Å². The van der Waals surface area contributed by atoms with Gasteiger partial charge in [0.1, 0.15) is 24.2 Å². The van der Waals surface area contributed by atoms with E-state index in [1.807, 2.05) is 48.5 Å². The van der Waals surface area contributed by atoms with E-state index in [0.717, 1.165) is 0 Å². The van der Waals surface area contributed by atoms with Gasteiger partial charge < -0.3 is 35.8 Å². The summed E-state index contributed by atoms with van der Waals surface area (Å²) in [5.74, 6) is -4.17. The molecule has 2 fully saturated rings. The summed E-state index contributed by atoms with van der Waals surface area (Å²) in [6, 6.07) is 4.47. The van der Waals surface area contributed by atoms with Gasteiger partial charge >= 0.3 is 6.09 Å². The van der Waals surface area contributed by atoms with Crippen molar-refractivity contribution in [2.45, 2.75) is 105 Å². The number of hydrogen-bond donors (Lipinski definition) is 4. The number of amides is 6. The number of piperidine rings is 1. The van der Waals surface area contributed by atoms with Crippen molar-refractivity contribution >= 4 is 41.4 Å². The summed E-state index contributed by atoms with van der Waals surface area (Å²) < 4.78 is 5.49. The maximum absolute atomic E-state index is 14.2. The normalized spacial score (nSPS) is 21.1. The lowest BCUT2D eigenvalue weighted by Crippen LogP contribution is -2.60. The average Bonchev–Trinajstić information content (AvgIpc) is 3.37. The van der Waals surface area contributed by atoms with Crippen LogP contribution in [-0.4, -0.2) is 103 Å². The summed E-state index contributed by atoms with van der Waals surface area (Å²) in [4.78, 5) is 96.0. The lowest BCUT2D eigenvalue weighted by atomic mass is 9.85. The van der Waals surface area contributed by atoms with Crippen molar-refractivity contribution < 1.29 is 38.3 Å². The predicted molar refractivity (Wildman–Crippen MR) is 194 cm³/mol. The molecule has 0 bridgehead atoms. The summed E-state index contributed by atoms with van der Waals surface area (Å²) >= 11 is 0. The molecule has 6 amide bonds. The number of rotatable bonds is 15. The molecule has 14 nitrogen and oxygen atoms in total. The van der Waals surface area contributed by atoms with Crippen LogP contribution < -0.4 is 21.3 Å². The van der Waals surface area contributed by atoms with E-state index in [9.17, 15) is 33.6 Å². The summed E-state index contributed by atoms with van der Waals surface area (Å²) in [7, 11) is 3.12. The maximum Gasteiger partial charge on any atom is 0.408 e. The Morgan fingerprint density at radius 3 is 2.12 bits per heavy atom. The van der Waals surface area contributed by atoms with Gasteiger partial charge in [-0.2, -0.15) is 0 Å². The third-order valence-corrected chi connectivity index (χ3v) is 10.3. The first-order valence-corrected chi connectivity index (χ1v) is 18.1. The van der Waals surface area contributed by atoms with Crippen molar-refractivity contribution in [1.82, 2.24) is 31.1 Å². The van der Waals surface area contributed by atoms with Crippen LogP contribution in [0.25, 0.3) is 0 Å². The van der Waals surface area contributed by atoms with Crippen LogP contribution in [0.2, 0.25) is 0 Å². The number of nitrogens with one attached hydrogen (secondary N) is 4. The molecule has 14 heteroatoms. The SMILES string of the molecule is CCCC(NC(=O)[C@@H]1[C@@H]2[C@H](CN1C(=O)[C@@H](NC(=O)OC(C)C(C)C)C(C)(C)C)C2(C)C)C(=O)C(=O)NCC(=O)N[C@H](C(=O)N(C)C)c1ccccc1. The smallest absolute Gasteiger partial charge is 0.408 e. The molecule has 1 aromatic carbocycles. The number of carbonyl (C=O) groups is 7. The van der Waals surface area contributed by atoms with E-state index in [0.29, 0.717) is 18.5 Å². The fraction of sp³-hybridized carbons (Fsp3) is 0.658. The maximum atomic E-state index is 14.2. The number of Topliss-reactive ketones (excluding diaryl/α,β-unsaturated/α-hetero) is 1. The average molecular weight is 727 g/mol. The van der Waals surface area contributed by atoms with Crippen molar-refractivity contribution in [3.63, 3.8) is 0 Å². The fourth-order valence-corrected chi connectivity index (χ4v) is 6.71. The zero-order chi connectivity index (χ0) is 39.3. The molecule has 1 aliphatic heterocycles. The van der Waals surface area contributed by atoms with Gasteiger partial charge in [-0.05, 0) is 47.5 Å². The number of ether oxygens (including phenoxy) is 1. The van der Waals surface area contributed by atoms with Gasteiger partial charge in [0.05, 0.1) is 12.6 Å². The number of hydrogen-bond acceptors (Lipinski definition) is 8. The highest BCUT2D eigenvalue weighted by molar-refractivity contribution is 6.38. The number of benzene rings is 1. The molecule has 4 N–H and O–H groups in total. The van der Waals surface area contributed by atoms with E-state index in [4.69, 9.17) is 4.74 Å². The van der Waals surface area contributed by atoms with Crippen LogP contribution >= 0.6 is 0 Å². The van der Waals surface area contributed by atoms with Crippen LogP contribution in [0.1, 0.15) is 86.8 Å². The Bertz CT molecular complexity index is 1500. The van der Waals surface area contributed by atoms with E-state index in [1.54, 1.807) is 58.3 Å². The molecule has 2 aliphatic rings. The molecule has 288 valence electrons. The van der Waals surface area contributed by atoms with E-state index in [1.165, 1.54) is 9.80 Å². The first kappa shape index (κ1) is 41.9. The minimum Gasteiger partial charge on any atom is -0.446 e. The minimum atomic E-state index is -1.21. The standard InChI is InChI=1S/C38H58N6O8/c1-12-16-25(30(46)33(48)39-19-26(45)41-28(34(49)43(10)11)23-17-14-13-15-18-23)40-32(47)29-27-24(38(27,8)9)20-44(29)35(50)31(37(5,6)7)42-36(51)52-22(4)21(2)3/h13-15,17-18,21-22,24-25,27-29,31H,12,16,19-20H2,1-11H3,(H,39,48)(H,40,47)(H,41,45)(H,42,51)/t22?,24-,25?,27-,28-,29-,31+/m0/s1. The zero-order valence-electron chi connectivity index (χ0n) is 32.5. The Balaban J connectivity index is 1.73. The van der Waals surface area contributed by atoms with Crippen molar-refractivity contribution in [3.8, 4) is 0 Å². The number of likely N-dealkylation sites (tertiary alicyclic amines) is 1. The van der Waals surface area contributed by atoms with Gasteiger partial charge in [0, 0.05) is 20.6 Å². The molecule has 1 saturated heterocycles. The largest absolute Gasteiger partial charge is 0.446 e. The van der Waals surface area contributed by atoms with Crippen LogP contribution in [0, 0.1) is 28.6 Å². The molecule has 52 heavy (non-hydrogen) atoms. The second-order valence-corrected chi connectivity index (χ2v) is 16.2. The van der Waals surface area contributed by atoms with Crippen LogP contribution in [-0.2, 0) is 33.5 Å². The van der Waals surface area contributed by atoms with Crippen LogP contribution in [0.3, 0.4) is 0 Å². The number of likely N-dealkylation sites (N-methyl/N-ethyl adjacent to an activating group) is 1. The monoisotopic (exact) mass is 726 g/mol. The number of fused-ring (bicyclic) bond motifs is 1. The van der Waals surface area contributed by atoms with Gasteiger partial charge in [-0.15, -0.1) is 0 Å². The molecule has 1 heterocycles. The predicted octanol–water partition coefficient (Wildman–Crippen LogP) is 2.57. The molecular formula is C38H58N6O8. The van der Waals surface area contributed by atoms with E-state index in [2.05, 4.69) is 21.3 Å². The molecule has 1 saturated carbocycles. The quantitative estimate of drug-likeness (QED) is 0.199. The van der Waals surface area contributed by atoms with Crippen LogP contribution in [0.5, 0.6) is 0 Å². The summed E-state index contributed by atoms with van der Waals surface area (Å²) in [5, 5.41) is 10.4. The Labute approximate surface area is 307 Å². The third-order valence-electron chi connectivity index (χ3n) is 10.3. The zero-order valence-corrected chi connectivity index (χ0v) is 32.5. The van der Waals surface area contributed by atoms with E-state index >= 15 is 0 Å². The lowest BCUT2D eigenvalue weighted by molar-refractivity contribution is -0.145. The number of alkyl carbamates (subject to hydrolysis) is 1. The lowest BCUT2D eigenvalue weighted by Gasteiger charge is -2.38. The Kier molecular flexibility index (Phi) is 13.6. The summed E-state index contributed by atoms with van der Waals surface area (Å²) in [6.45, 7) is 16.6. The first-order valence-electron chi connectivity index (χ1n) is 18.1. The molecule has 1 aliphatic carbocycles. The highest BCUT2D eigenvalue weighted by atomic mass is 16.6. The Hall–Kier alpha value is -4.49. The molecule has 1 aromatic rings. The first-order chi connectivity index (χ1) is 24.1. The molecule has 3 rings (SSSR count).